The molecule has 3 nitrogen and oxygen atoms in total. The number of rotatable bonds is 2. The standard InChI is InChI=1S/C12H14Cl2FNO2/c1-12(2)17-5-8(6-18-12)16-11-9(13)3-7(15)4-10(11)14/h3-4,8,16H,5-6H2,1-2H3. The number of benzene rings is 1. The fourth-order valence-electron chi connectivity index (χ4n) is 1.66. The van der Waals surface area contributed by atoms with Crippen LogP contribution in [0.25, 0.3) is 0 Å². The zero-order valence-electron chi connectivity index (χ0n) is 10.1. The predicted octanol–water partition coefficient (Wildman–Crippen LogP) is 3.70. The maximum absolute atomic E-state index is 13.0. The van der Waals surface area contributed by atoms with E-state index < -0.39 is 11.6 Å². The van der Waals surface area contributed by atoms with Gasteiger partial charge in [0.25, 0.3) is 0 Å². The van der Waals surface area contributed by atoms with Gasteiger partial charge in [-0.1, -0.05) is 23.2 Å². The third-order valence-electron chi connectivity index (χ3n) is 2.62. The molecule has 2 rings (SSSR count). The highest BCUT2D eigenvalue weighted by atomic mass is 35.5. The largest absolute Gasteiger partial charge is 0.375 e. The van der Waals surface area contributed by atoms with E-state index in [2.05, 4.69) is 5.32 Å². The third kappa shape index (κ3) is 3.26. The van der Waals surface area contributed by atoms with Crippen molar-refractivity contribution < 1.29 is 13.9 Å². The number of hydrogen-bond acceptors (Lipinski definition) is 3. The summed E-state index contributed by atoms with van der Waals surface area (Å²) in [6.45, 7) is 4.64. The van der Waals surface area contributed by atoms with Crippen molar-refractivity contribution in [2.45, 2.75) is 25.7 Å². The highest BCUT2D eigenvalue weighted by molar-refractivity contribution is 6.39. The highest BCUT2D eigenvalue weighted by Crippen LogP contribution is 2.32. The molecule has 0 saturated carbocycles. The van der Waals surface area contributed by atoms with Crippen molar-refractivity contribution >= 4 is 28.9 Å². The van der Waals surface area contributed by atoms with Gasteiger partial charge in [0.1, 0.15) is 5.82 Å². The van der Waals surface area contributed by atoms with E-state index in [1.54, 1.807) is 0 Å². The van der Waals surface area contributed by atoms with E-state index in [4.69, 9.17) is 32.7 Å². The quantitative estimate of drug-likeness (QED) is 0.902. The molecule has 1 aromatic rings. The second-order valence-electron chi connectivity index (χ2n) is 4.61. The lowest BCUT2D eigenvalue weighted by Crippen LogP contribution is -2.45. The normalized spacial score (nSPS) is 19.8. The van der Waals surface area contributed by atoms with Crippen molar-refractivity contribution in [2.75, 3.05) is 18.5 Å². The summed E-state index contributed by atoms with van der Waals surface area (Å²) in [5, 5.41) is 3.58. The minimum atomic E-state index is -0.575. The lowest BCUT2D eigenvalue weighted by atomic mass is 10.2. The van der Waals surface area contributed by atoms with E-state index in [1.807, 2.05) is 13.8 Å². The smallest absolute Gasteiger partial charge is 0.162 e. The summed E-state index contributed by atoms with van der Waals surface area (Å²) in [6, 6.07) is 2.35. The maximum Gasteiger partial charge on any atom is 0.162 e. The van der Waals surface area contributed by atoms with Gasteiger partial charge in [-0.15, -0.1) is 0 Å². The Morgan fingerprint density at radius 3 is 2.22 bits per heavy atom. The van der Waals surface area contributed by atoms with Gasteiger partial charge in [-0.25, -0.2) is 4.39 Å². The average Bonchev–Trinajstić information content (AvgIpc) is 2.25. The van der Waals surface area contributed by atoms with Crippen LogP contribution in [0.3, 0.4) is 0 Å². The summed E-state index contributed by atoms with van der Waals surface area (Å²) in [5.74, 6) is -1.04. The zero-order chi connectivity index (χ0) is 13.3. The van der Waals surface area contributed by atoms with Gasteiger partial charge < -0.3 is 14.8 Å². The van der Waals surface area contributed by atoms with Crippen LogP contribution in [0.15, 0.2) is 12.1 Å². The molecule has 1 aliphatic rings. The van der Waals surface area contributed by atoms with Crippen LogP contribution in [0.1, 0.15) is 13.8 Å². The van der Waals surface area contributed by atoms with E-state index in [0.29, 0.717) is 18.9 Å². The minimum absolute atomic E-state index is 0.0708. The number of anilines is 1. The van der Waals surface area contributed by atoms with E-state index in [0.717, 1.165) is 0 Å². The SMILES string of the molecule is CC1(C)OCC(Nc2c(Cl)cc(F)cc2Cl)CO1. The Kier molecular flexibility index (Phi) is 4.02. The first-order chi connectivity index (χ1) is 8.37. The Labute approximate surface area is 115 Å². The Hall–Kier alpha value is -0.550. The monoisotopic (exact) mass is 293 g/mol. The molecular formula is C12H14Cl2FNO2. The molecule has 6 heteroatoms. The van der Waals surface area contributed by atoms with Crippen molar-refractivity contribution in [3.8, 4) is 0 Å². The van der Waals surface area contributed by atoms with Crippen LogP contribution in [-0.2, 0) is 9.47 Å². The van der Waals surface area contributed by atoms with E-state index in [1.165, 1.54) is 12.1 Å². The molecule has 1 N–H and O–H groups in total. The summed E-state index contributed by atoms with van der Waals surface area (Å²) in [6.07, 6.45) is 0. The van der Waals surface area contributed by atoms with Crippen molar-refractivity contribution in [1.29, 1.82) is 0 Å². The first-order valence-electron chi connectivity index (χ1n) is 5.56. The summed E-state index contributed by atoms with van der Waals surface area (Å²) in [4.78, 5) is 0. The van der Waals surface area contributed by atoms with Crippen LogP contribution in [0.4, 0.5) is 10.1 Å². The van der Waals surface area contributed by atoms with Crippen molar-refractivity contribution in [2.24, 2.45) is 0 Å². The molecule has 100 valence electrons. The second kappa shape index (κ2) is 5.21. The van der Waals surface area contributed by atoms with Crippen LogP contribution in [-0.4, -0.2) is 25.0 Å². The molecule has 0 aromatic heterocycles. The number of hydrogen-bond donors (Lipinski definition) is 1. The summed E-state index contributed by atoms with van der Waals surface area (Å²) in [5.41, 5.74) is 0.497. The molecule has 1 aromatic carbocycles. The highest BCUT2D eigenvalue weighted by Gasteiger charge is 2.28. The van der Waals surface area contributed by atoms with Gasteiger partial charge in [0.15, 0.2) is 5.79 Å². The molecule has 0 radical (unpaired) electrons. The molecular weight excluding hydrogens is 280 g/mol. The second-order valence-corrected chi connectivity index (χ2v) is 5.42. The first kappa shape index (κ1) is 13.9. The summed E-state index contributed by atoms with van der Waals surface area (Å²) >= 11 is 11.9. The van der Waals surface area contributed by atoms with Gasteiger partial charge in [-0.3, -0.25) is 0 Å². The minimum Gasteiger partial charge on any atom is -0.375 e. The molecule has 0 amide bonds. The van der Waals surface area contributed by atoms with Gasteiger partial charge in [0.05, 0.1) is 35.0 Å². The summed E-state index contributed by atoms with van der Waals surface area (Å²) in [7, 11) is 0. The summed E-state index contributed by atoms with van der Waals surface area (Å²) < 4.78 is 24.1. The van der Waals surface area contributed by atoms with Gasteiger partial charge in [-0.2, -0.15) is 0 Å². The van der Waals surface area contributed by atoms with Gasteiger partial charge in [0, 0.05) is 0 Å². The number of ether oxygens (including phenoxy) is 2. The van der Waals surface area contributed by atoms with Crippen molar-refractivity contribution in [3.05, 3.63) is 28.0 Å². The average molecular weight is 294 g/mol. The lowest BCUT2D eigenvalue weighted by Gasteiger charge is -2.35. The molecule has 1 heterocycles. The topological polar surface area (TPSA) is 30.5 Å². The first-order valence-corrected chi connectivity index (χ1v) is 6.32. The van der Waals surface area contributed by atoms with Crippen molar-refractivity contribution in [3.63, 3.8) is 0 Å². The zero-order valence-corrected chi connectivity index (χ0v) is 11.6. The Bertz CT molecular complexity index is 421. The fraction of sp³-hybridized carbons (Fsp3) is 0.500. The van der Waals surface area contributed by atoms with Crippen LogP contribution < -0.4 is 5.32 Å². The van der Waals surface area contributed by atoms with Crippen molar-refractivity contribution in [1.82, 2.24) is 0 Å². The molecule has 1 aliphatic heterocycles. The molecule has 0 aliphatic carbocycles. The third-order valence-corrected chi connectivity index (χ3v) is 3.22. The van der Waals surface area contributed by atoms with Crippen LogP contribution in [0.5, 0.6) is 0 Å². The molecule has 0 atom stereocenters. The molecule has 1 saturated heterocycles. The fourth-order valence-corrected chi connectivity index (χ4v) is 2.23. The van der Waals surface area contributed by atoms with Gasteiger partial charge in [0.2, 0.25) is 0 Å². The molecule has 0 spiro atoms. The van der Waals surface area contributed by atoms with Crippen LogP contribution in [0, 0.1) is 5.82 Å². The Morgan fingerprint density at radius 1 is 1.22 bits per heavy atom. The lowest BCUT2D eigenvalue weighted by molar-refractivity contribution is -0.247. The Balaban J connectivity index is 2.07. The van der Waals surface area contributed by atoms with E-state index in [9.17, 15) is 4.39 Å². The van der Waals surface area contributed by atoms with E-state index in [-0.39, 0.29) is 16.1 Å². The number of halogens is 3. The predicted molar refractivity (Wildman–Crippen MR) is 69.8 cm³/mol. The Morgan fingerprint density at radius 2 is 1.72 bits per heavy atom. The van der Waals surface area contributed by atoms with Crippen LogP contribution in [0.2, 0.25) is 10.0 Å². The maximum atomic E-state index is 13.0. The van der Waals surface area contributed by atoms with Gasteiger partial charge in [-0.05, 0) is 26.0 Å². The van der Waals surface area contributed by atoms with Crippen LogP contribution >= 0.6 is 23.2 Å². The molecule has 1 fully saturated rings. The number of nitrogens with one attached hydrogen (secondary N) is 1. The molecule has 18 heavy (non-hydrogen) atoms. The molecule has 0 unspecified atom stereocenters. The van der Waals surface area contributed by atoms with E-state index >= 15 is 0 Å². The molecule has 0 bridgehead atoms. The van der Waals surface area contributed by atoms with Gasteiger partial charge >= 0.3 is 0 Å².